The third kappa shape index (κ3) is 3.25. The van der Waals surface area contributed by atoms with E-state index in [4.69, 9.17) is 9.72 Å². The first kappa shape index (κ1) is 14.3. The second-order valence-electron chi connectivity index (χ2n) is 4.51. The maximum absolute atomic E-state index is 5.38. The van der Waals surface area contributed by atoms with E-state index in [-0.39, 0.29) is 0 Å². The number of anilines is 1. The van der Waals surface area contributed by atoms with Gasteiger partial charge in [0.2, 0.25) is 0 Å². The number of pyridine rings is 1. The van der Waals surface area contributed by atoms with Crippen LogP contribution in [-0.4, -0.2) is 31.3 Å². The van der Waals surface area contributed by atoms with E-state index in [1.165, 1.54) is 0 Å². The van der Waals surface area contributed by atoms with Crippen LogP contribution in [-0.2, 0) is 4.74 Å². The smallest absolute Gasteiger partial charge is 0.129 e. The Morgan fingerprint density at radius 3 is 2.55 bits per heavy atom. The molecule has 1 aromatic heterocycles. The molecule has 1 aliphatic rings. The molecule has 1 fully saturated rings. The zero-order valence-corrected chi connectivity index (χ0v) is 11.7. The summed E-state index contributed by atoms with van der Waals surface area (Å²) in [5.74, 6) is 0.956. The van der Waals surface area contributed by atoms with Crippen molar-refractivity contribution in [3.8, 4) is 0 Å². The first-order valence-electron chi connectivity index (χ1n) is 6.71. The summed E-state index contributed by atoms with van der Waals surface area (Å²) in [4.78, 5) is 6.96. The summed E-state index contributed by atoms with van der Waals surface area (Å²) in [5, 5.41) is 0. The Morgan fingerprint density at radius 2 is 1.95 bits per heavy atom. The van der Waals surface area contributed by atoms with E-state index in [1.54, 1.807) is 12.2 Å². The second-order valence-corrected chi connectivity index (χ2v) is 4.51. The highest BCUT2D eigenvalue weighted by molar-refractivity contribution is 5.75. The van der Waals surface area contributed by atoms with Gasteiger partial charge in [0.1, 0.15) is 5.82 Å². The summed E-state index contributed by atoms with van der Waals surface area (Å²) < 4.78 is 5.38. The highest BCUT2D eigenvalue weighted by Gasteiger charge is 2.14. The van der Waals surface area contributed by atoms with Crippen LogP contribution in [0.2, 0.25) is 0 Å². The summed E-state index contributed by atoms with van der Waals surface area (Å²) in [6, 6.07) is 4.06. The summed E-state index contributed by atoms with van der Waals surface area (Å²) in [6.07, 6.45) is 7.28. The molecule has 1 saturated heterocycles. The summed E-state index contributed by atoms with van der Waals surface area (Å²) in [6.45, 7) is 14.6. The monoisotopic (exact) mass is 268 g/mol. The first-order valence-corrected chi connectivity index (χ1v) is 6.71. The molecular formula is C17H20N2O. The Morgan fingerprint density at radius 1 is 1.20 bits per heavy atom. The van der Waals surface area contributed by atoms with Gasteiger partial charge in [0.25, 0.3) is 0 Å². The van der Waals surface area contributed by atoms with Gasteiger partial charge in [-0.25, -0.2) is 4.98 Å². The van der Waals surface area contributed by atoms with Crippen molar-refractivity contribution in [1.82, 2.24) is 4.98 Å². The number of allylic oxidation sites excluding steroid dienone is 4. The first-order chi connectivity index (χ1) is 9.78. The summed E-state index contributed by atoms with van der Waals surface area (Å²) in [7, 11) is 0. The van der Waals surface area contributed by atoms with Gasteiger partial charge in [0.15, 0.2) is 0 Å². The molecule has 3 nitrogen and oxygen atoms in total. The summed E-state index contributed by atoms with van der Waals surface area (Å²) >= 11 is 0. The van der Waals surface area contributed by atoms with E-state index in [0.717, 1.165) is 49.0 Å². The van der Waals surface area contributed by atoms with Crippen molar-refractivity contribution in [3.63, 3.8) is 0 Å². The van der Waals surface area contributed by atoms with Gasteiger partial charge >= 0.3 is 0 Å². The molecule has 0 saturated carbocycles. The molecule has 0 aromatic carbocycles. The quantitative estimate of drug-likeness (QED) is 0.766. The number of hydrogen-bond donors (Lipinski definition) is 0. The van der Waals surface area contributed by atoms with Crippen LogP contribution >= 0.6 is 0 Å². The minimum Gasteiger partial charge on any atom is -0.378 e. The number of nitrogens with zero attached hydrogens (tertiary/aromatic N) is 2. The van der Waals surface area contributed by atoms with E-state index >= 15 is 0 Å². The Kier molecular flexibility index (Phi) is 4.91. The van der Waals surface area contributed by atoms with Gasteiger partial charge in [0.05, 0.1) is 18.9 Å². The van der Waals surface area contributed by atoms with Crippen molar-refractivity contribution in [2.75, 3.05) is 31.2 Å². The predicted octanol–water partition coefficient (Wildman–Crippen LogP) is 3.32. The number of ether oxygens (including phenoxy) is 1. The number of aromatic nitrogens is 1. The molecule has 1 aromatic rings. The maximum Gasteiger partial charge on any atom is 0.129 e. The van der Waals surface area contributed by atoms with Gasteiger partial charge in [-0.1, -0.05) is 44.0 Å². The van der Waals surface area contributed by atoms with E-state index in [1.807, 2.05) is 18.2 Å². The molecular weight excluding hydrogens is 248 g/mol. The van der Waals surface area contributed by atoms with Gasteiger partial charge in [-0.2, -0.15) is 0 Å². The van der Waals surface area contributed by atoms with Crippen LogP contribution in [0, 0.1) is 0 Å². The van der Waals surface area contributed by atoms with Crippen LogP contribution in [0.25, 0.3) is 11.6 Å². The molecule has 0 radical (unpaired) electrons. The molecule has 0 aliphatic carbocycles. The van der Waals surface area contributed by atoms with Crippen LogP contribution in [0.15, 0.2) is 50.1 Å². The van der Waals surface area contributed by atoms with Crippen molar-refractivity contribution in [1.29, 1.82) is 0 Å². The van der Waals surface area contributed by atoms with Crippen LogP contribution in [0.5, 0.6) is 0 Å². The maximum atomic E-state index is 5.38. The van der Waals surface area contributed by atoms with E-state index in [9.17, 15) is 0 Å². The Bertz CT molecular complexity index is 540. The Hall–Kier alpha value is -2.13. The zero-order chi connectivity index (χ0) is 14.4. The normalized spacial score (nSPS) is 15.8. The number of rotatable bonds is 5. The molecule has 0 N–H and O–H groups in total. The Balaban J connectivity index is 2.42. The molecule has 104 valence electrons. The third-order valence-corrected chi connectivity index (χ3v) is 3.22. The van der Waals surface area contributed by atoms with Gasteiger partial charge in [0, 0.05) is 13.1 Å². The van der Waals surface area contributed by atoms with Crippen LogP contribution in [0.1, 0.15) is 11.3 Å². The highest BCUT2D eigenvalue weighted by Crippen LogP contribution is 2.22. The molecule has 1 aliphatic heterocycles. The minimum absolute atomic E-state index is 0.742. The van der Waals surface area contributed by atoms with E-state index in [2.05, 4.69) is 30.7 Å². The van der Waals surface area contributed by atoms with Gasteiger partial charge < -0.3 is 9.64 Å². The SMILES string of the molecule is C=C/C=C(\C=C)c1cc(C=C)cc(N2CCOCC2)n1. The van der Waals surface area contributed by atoms with Crippen LogP contribution in [0.4, 0.5) is 5.82 Å². The molecule has 20 heavy (non-hydrogen) atoms. The fourth-order valence-electron chi connectivity index (χ4n) is 2.14. The number of morpholine rings is 1. The largest absolute Gasteiger partial charge is 0.378 e. The molecule has 2 rings (SSSR count). The average molecular weight is 268 g/mol. The van der Waals surface area contributed by atoms with Gasteiger partial charge in [-0.05, 0) is 23.3 Å². The standard InChI is InChI=1S/C17H20N2O/c1-4-7-15(6-3)16-12-14(5-2)13-17(18-16)19-8-10-20-11-9-19/h4-7,12-13H,1-3,8-11H2/b15-7+. The average Bonchev–Trinajstić information content (AvgIpc) is 2.53. The lowest BCUT2D eigenvalue weighted by Crippen LogP contribution is -2.36. The second kappa shape index (κ2) is 6.87. The van der Waals surface area contributed by atoms with Gasteiger partial charge in [-0.3, -0.25) is 0 Å². The van der Waals surface area contributed by atoms with Crippen molar-refractivity contribution in [2.45, 2.75) is 0 Å². The minimum atomic E-state index is 0.742. The van der Waals surface area contributed by atoms with Crippen LogP contribution in [0.3, 0.4) is 0 Å². The third-order valence-electron chi connectivity index (χ3n) is 3.22. The van der Waals surface area contributed by atoms with Gasteiger partial charge in [-0.15, -0.1) is 0 Å². The van der Waals surface area contributed by atoms with Crippen molar-refractivity contribution in [2.24, 2.45) is 0 Å². The molecule has 3 heteroatoms. The fraction of sp³-hybridized carbons (Fsp3) is 0.235. The lowest BCUT2D eigenvalue weighted by Gasteiger charge is -2.28. The van der Waals surface area contributed by atoms with Crippen molar-refractivity contribution in [3.05, 3.63) is 61.4 Å². The molecule has 0 atom stereocenters. The lowest BCUT2D eigenvalue weighted by molar-refractivity contribution is 0.122. The van der Waals surface area contributed by atoms with Crippen LogP contribution < -0.4 is 4.90 Å². The zero-order valence-electron chi connectivity index (χ0n) is 11.7. The molecule has 0 amide bonds. The van der Waals surface area contributed by atoms with E-state index < -0.39 is 0 Å². The fourth-order valence-corrected chi connectivity index (χ4v) is 2.14. The summed E-state index contributed by atoms with van der Waals surface area (Å²) in [5.41, 5.74) is 2.89. The molecule has 2 heterocycles. The predicted molar refractivity (Wildman–Crippen MR) is 85.7 cm³/mol. The molecule has 0 unspecified atom stereocenters. The Labute approximate surface area is 120 Å². The molecule has 0 bridgehead atoms. The highest BCUT2D eigenvalue weighted by atomic mass is 16.5. The van der Waals surface area contributed by atoms with Crippen molar-refractivity contribution >= 4 is 17.5 Å². The number of hydrogen-bond acceptors (Lipinski definition) is 3. The van der Waals surface area contributed by atoms with E-state index in [0.29, 0.717) is 0 Å². The topological polar surface area (TPSA) is 25.4 Å². The van der Waals surface area contributed by atoms with Crippen molar-refractivity contribution < 1.29 is 4.74 Å². The molecule has 0 spiro atoms. The lowest BCUT2D eigenvalue weighted by atomic mass is 10.1.